The summed E-state index contributed by atoms with van der Waals surface area (Å²) in [5.41, 5.74) is 0.183. The summed E-state index contributed by atoms with van der Waals surface area (Å²) in [4.78, 5) is 0. The van der Waals surface area contributed by atoms with Crippen LogP contribution in [-0.2, 0) is 0 Å². The van der Waals surface area contributed by atoms with E-state index in [9.17, 15) is 4.39 Å². The van der Waals surface area contributed by atoms with Gasteiger partial charge < -0.3 is 5.32 Å². The average Bonchev–Trinajstić information content (AvgIpc) is 2.37. The minimum absolute atomic E-state index is 0.183. The van der Waals surface area contributed by atoms with Gasteiger partial charge in [-0.2, -0.15) is 11.8 Å². The van der Waals surface area contributed by atoms with Gasteiger partial charge in [0.15, 0.2) is 0 Å². The molecular formula is C8H14FNS. The molecular weight excluding hydrogens is 161 g/mol. The number of thioether (sulfide) groups is 1. The van der Waals surface area contributed by atoms with E-state index in [4.69, 9.17) is 0 Å². The fourth-order valence-electron chi connectivity index (χ4n) is 2.00. The topological polar surface area (TPSA) is 12.0 Å². The quantitative estimate of drug-likeness (QED) is 0.600. The van der Waals surface area contributed by atoms with Crippen molar-refractivity contribution in [3.8, 4) is 0 Å². The smallest absolute Gasteiger partial charge is 0.103 e. The zero-order chi connectivity index (χ0) is 7.73. The summed E-state index contributed by atoms with van der Waals surface area (Å²) in [6, 6.07) is 0. The van der Waals surface area contributed by atoms with Crippen molar-refractivity contribution in [2.75, 3.05) is 18.1 Å². The van der Waals surface area contributed by atoms with Gasteiger partial charge in [0.25, 0.3) is 0 Å². The van der Waals surface area contributed by atoms with E-state index in [1.807, 2.05) is 11.8 Å². The van der Waals surface area contributed by atoms with Crippen LogP contribution in [-0.4, -0.2) is 29.8 Å². The molecule has 64 valence electrons. The van der Waals surface area contributed by atoms with Crippen LogP contribution in [0.1, 0.15) is 19.3 Å². The lowest BCUT2D eigenvalue weighted by Gasteiger charge is -2.35. The minimum atomic E-state index is -0.546. The van der Waals surface area contributed by atoms with E-state index in [1.54, 1.807) is 0 Å². The van der Waals surface area contributed by atoms with E-state index >= 15 is 0 Å². The summed E-state index contributed by atoms with van der Waals surface area (Å²) in [6.45, 7) is 0.877. The number of nitrogens with one attached hydrogen (secondary N) is 1. The van der Waals surface area contributed by atoms with E-state index < -0.39 is 6.17 Å². The predicted molar refractivity (Wildman–Crippen MR) is 46.8 cm³/mol. The number of rotatable bonds is 0. The Labute approximate surface area is 71.1 Å². The second kappa shape index (κ2) is 2.94. The molecule has 0 aromatic carbocycles. The van der Waals surface area contributed by atoms with Crippen LogP contribution in [0.5, 0.6) is 0 Å². The van der Waals surface area contributed by atoms with E-state index in [0.717, 1.165) is 25.1 Å². The Morgan fingerprint density at radius 3 is 3.09 bits per heavy atom. The van der Waals surface area contributed by atoms with Crippen molar-refractivity contribution in [3.63, 3.8) is 0 Å². The summed E-state index contributed by atoms with van der Waals surface area (Å²) in [5.74, 6) is 2.33. The van der Waals surface area contributed by atoms with Crippen LogP contribution in [0.4, 0.5) is 4.39 Å². The number of hydrogen-bond acceptors (Lipinski definition) is 2. The summed E-state index contributed by atoms with van der Waals surface area (Å²) in [6.07, 6.45) is 2.08. The molecule has 2 aliphatic heterocycles. The normalized spacial score (nSPS) is 45.0. The maximum Gasteiger partial charge on any atom is 0.103 e. The Balaban J connectivity index is 2.00. The molecule has 2 saturated heterocycles. The van der Waals surface area contributed by atoms with Gasteiger partial charge in [0.1, 0.15) is 6.17 Å². The van der Waals surface area contributed by atoms with Gasteiger partial charge in [-0.1, -0.05) is 0 Å². The van der Waals surface area contributed by atoms with Gasteiger partial charge in [-0.25, -0.2) is 4.39 Å². The van der Waals surface area contributed by atoms with Crippen LogP contribution in [0.25, 0.3) is 0 Å². The number of piperidine rings is 1. The van der Waals surface area contributed by atoms with Gasteiger partial charge in [-0.15, -0.1) is 0 Å². The Morgan fingerprint density at radius 1 is 1.55 bits per heavy atom. The summed E-state index contributed by atoms with van der Waals surface area (Å²) in [7, 11) is 0. The molecule has 0 bridgehead atoms. The Morgan fingerprint density at radius 2 is 2.45 bits per heavy atom. The van der Waals surface area contributed by atoms with Crippen molar-refractivity contribution < 1.29 is 4.39 Å². The molecule has 0 saturated carbocycles. The summed E-state index contributed by atoms with van der Waals surface area (Å²) >= 11 is 1.95. The monoisotopic (exact) mass is 175 g/mol. The molecule has 2 aliphatic rings. The van der Waals surface area contributed by atoms with Crippen LogP contribution in [0, 0.1) is 0 Å². The first kappa shape index (κ1) is 7.87. The van der Waals surface area contributed by atoms with Crippen LogP contribution in [0.15, 0.2) is 0 Å². The molecule has 1 nitrogen and oxygen atoms in total. The van der Waals surface area contributed by atoms with Gasteiger partial charge in [0, 0.05) is 11.3 Å². The zero-order valence-electron chi connectivity index (χ0n) is 6.61. The molecule has 2 heterocycles. The first-order chi connectivity index (χ1) is 5.31. The molecule has 0 aromatic heterocycles. The highest BCUT2D eigenvalue weighted by Gasteiger charge is 2.38. The standard InChI is InChI=1S/C8H14FNS/c9-7-1-3-10-8(5-7)2-4-11-6-8/h7,10H,1-6H2. The van der Waals surface area contributed by atoms with Crippen LogP contribution in [0.3, 0.4) is 0 Å². The SMILES string of the molecule is FC1CCNC2(CCSC2)C1. The van der Waals surface area contributed by atoms with E-state index in [1.165, 1.54) is 5.75 Å². The molecule has 2 fully saturated rings. The molecule has 0 amide bonds. The fourth-order valence-corrected chi connectivity index (χ4v) is 3.43. The molecule has 2 atom stereocenters. The predicted octanol–water partition coefficient (Wildman–Crippen LogP) is 1.58. The lowest BCUT2D eigenvalue weighted by molar-refractivity contribution is 0.169. The van der Waals surface area contributed by atoms with Crippen molar-refractivity contribution in [2.24, 2.45) is 0 Å². The second-order valence-electron chi connectivity index (χ2n) is 3.60. The Hall–Kier alpha value is 0.240. The van der Waals surface area contributed by atoms with Gasteiger partial charge in [0.05, 0.1) is 0 Å². The van der Waals surface area contributed by atoms with Crippen LogP contribution in [0.2, 0.25) is 0 Å². The Bertz CT molecular complexity index is 145. The average molecular weight is 175 g/mol. The highest BCUT2D eigenvalue weighted by molar-refractivity contribution is 7.99. The minimum Gasteiger partial charge on any atom is -0.310 e. The van der Waals surface area contributed by atoms with Crippen molar-refractivity contribution >= 4 is 11.8 Å². The Kier molecular flexibility index (Phi) is 2.10. The highest BCUT2D eigenvalue weighted by Crippen LogP contribution is 2.35. The molecule has 2 rings (SSSR count). The molecule has 0 radical (unpaired) electrons. The molecule has 2 unspecified atom stereocenters. The van der Waals surface area contributed by atoms with E-state index in [-0.39, 0.29) is 5.54 Å². The first-order valence-electron chi connectivity index (χ1n) is 4.28. The van der Waals surface area contributed by atoms with E-state index in [0.29, 0.717) is 6.42 Å². The maximum atomic E-state index is 13.0. The van der Waals surface area contributed by atoms with Gasteiger partial charge in [-0.3, -0.25) is 0 Å². The van der Waals surface area contributed by atoms with Crippen molar-refractivity contribution in [1.82, 2.24) is 5.32 Å². The lowest BCUT2D eigenvalue weighted by atomic mass is 9.87. The summed E-state index contributed by atoms with van der Waals surface area (Å²) < 4.78 is 13.0. The highest BCUT2D eigenvalue weighted by atomic mass is 32.2. The maximum absolute atomic E-state index is 13.0. The number of hydrogen-bond donors (Lipinski definition) is 1. The number of alkyl halides is 1. The van der Waals surface area contributed by atoms with Crippen LogP contribution < -0.4 is 5.32 Å². The molecule has 1 N–H and O–H groups in total. The first-order valence-corrected chi connectivity index (χ1v) is 5.43. The lowest BCUT2D eigenvalue weighted by Crippen LogP contribution is -2.51. The fraction of sp³-hybridized carbons (Fsp3) is 1.00. The molecule has 3 heteroatoms. The van der Waals surface area contributed by atoms with Gasteiger partial charge >= 0.3 is 0 Å². The molecule has 0 aromatic rings. The molecule has 1 spiro atoms. The third-order valence-corrected chi connectivity index (χ3v) is 3.92. The molecule has 0 aliphatic carbocycles. The van der Waals surface area contributed by atoms with Gasteiger partial charge in [-0.05, 0) is 31.6 Å². The largest absolute Gasteiger partial charge is 0.310 e. The van der Waals surface area contributed by atoms with Crippen molar-refractivity contribution in [1.29, 1.82) is 0 Å². The zero-order valence-corrected chi connectivity index (χ0v) is 7.42. The molecule has 11 heavy (non-hydrogen) atoms. The van der Waals surface area contributed by atoms with Crippen LogP contribution >= 0.6 is 11.8 Å². The second-order valence-corrected chi connectivity index (χ2v) is 4.70. The van der Waals surface area contributed by atoms with Crippen molar-refractivity contribution in [2.45, 2.75) is 31.0 Å². The third kappa shape index (κ3) is 1.54. The van der Waals surface area contributed by atoms with Crippen molar-refractivity contribution in [3.05, 3.63) is 0 Å². The third-order valence-electron chi connectivity index (χ3n) is 2.67. The summed E-state index contributed by atoms with van der Waals surface area (Å²) in [5, 5.41) is 3.46. The number of halogens is 1. The van der Waals surface area contributed by atoms with Gasteiger partial charge in [0.2, 0.25) is 0 Å². The van der Waals surface area contributed by atoms with E-state index in [2.05, 4.69) is 5.32 Å².